The van der Waals surface area contributed by atoms with Crippen LogP contribution in [0.25, 0.3) is 0 Å². The van der Waals surface area contributed by atoms with Crippen LogP contribution in [0.4, 0.5) is 4.39 Å². The second-order valence-electron chi connectivity index (χ2n) is 8.51. The summed E-state index contributed by atoms with van der Waals surface area (Å²) in [6.45, 7) is 2.27. The van der Waals surface area contributed by atoms with Gasteiger partial charge >= 0.3 is 5.97 Å². The van der Waals surface area contributed by atoms with Gasteiger partial charge in [0.1, 0.15) is 11.6 Å². The van der Waals surface area contributed by atoms with Crippen molar-refractivity contribution in [2.24, 2.45) is 0 Å². The minimum Gasteiger partial charge on any atom is -0.423 e. The molecule has 2 aromatic carbocycles. The Hall–Kier alpha value is -2.16. The first-order valence-corrected chi connectivity index (χ1v) is 12.3. The Bertz CT molecular complexity index is 756. The van der Waals surface area contributed by atoms with Crippen LogP contribution in [0.5, 0.6) is 5.75 Å². The van der Waals surface area contributed by atoms with Gasteiger partial charge in [-0.05, 0) is 42.7 Å². The Morgan fingerprint density at radius 3 is 1.94 bits per heavy atom. The Labute approximate surface area is 188 Å². The molecule has 0 aliphatic carbocycles. The molecule has 0 aliphatic rings. The second kappa shape index (κ2) is 15.6. The number of hydrogen-bond donors (Lipinski definition) is 0. The van der Waals surface area contributed by atoms with Crippen LogP contribution in [0.3, 0.4) is 0 Å². The monoisotopic (exact) mass is 426 g/mol. The Morgan fingerprint density at radius 1 is 0.742 bits per heavy atom. The first-order chi connectivity index (χ1) is 15.2. The van der Waals surface area contributed by atoms with Gasteiger partial charge in [0.25, 0.3) is 0 Å². The van der Waals surface area contributed by atoms with Gasteiger partial charge in [0.2, 0.25) is 0 Å². The van der Waals surface area contributed by atoms with Crippen LogP contribution in [-0.4, -0.2) is 5.97 Å². The fourth-order valence-corrected chi connectivity index (χ4v) is 3.90. The average Bonchev–Trinajstić information content (AvgIpc) is 2.77. The molecule has 0 spiro atoms. The number of hydrogen-bond acceptors (Lipinski definition) is 2. The van der Waals surface area contributed by atoms with Gasteiger partial charge in [0.15, 0.2) is 0 Å². The van der Waals surface area contributed by atoms with Crippen molar-refractivity contribution < 1.29 is 13.9 Å². The number of halogens is 1. The molecule has 0 atom stereocenters. The van der Waals surface area contributed by atoms with Crippen molar-refractivity contribution in [3.8, 4) is 5.75 Å². The van der Waals surface area contributed by atoms with Gasteiger partial charge in [-0.1, -0.05) is 108 Å². The topological polar surface area (TPSA) is 26.3 Å². The summed E-state index contributed by atoms with van der Waals surface area (Å²) in [6, 6.07) is 13.5. The lowest BCUT2D eigenvalue weighted by atomic mass is 10.0. The highest BCUT2D eigenvalue weighted by molar-refractivity contribution is 5.91. The fourth-order valence-electron chi connectivity index (χ4n) is 3.90. The molecule has 0 aromatic heterocycles. The first kappa shape index (κ1) is 25.1. The maximum Gasteiger partial charge on any atom is 0.346 e. The van der Waals surface area contributed by atoms with Gasteiger partial charge < -0.3 is 4.74 Å². The van der Waals surface area contributed by atoms with E-state index < -0.39 is 11.8 Å². The maximum absolute atomic E-state index is 13.7. The third kappa shape index (κ3) is 10.6. The normalized spacial score (nSPS) is 10.9. The van der Waals surface area contributed by atoms with Crippen molar-refractivity contribution in [2.45, 2.75) is 96.8 Å². The number of aryl methyl sites for hydroxylation is 1. The molecule has 0 radical (unpaired) electrons. The summed E-state index contributed by atoms with van der Waals surface area (Å²) < 4.78 is 19.1. The minimum absolute atomic E-state index is 0.0376. The maximum atomic E-state index is 13.7. The van der Waals surface area contributed by atoms with E-state index in [1.54, 1.807) is 18.2 Å². The number of carbonyl (C=O) groups excluding carboxylic acids is 1. The Kier molecular flexibility index (Phi) is 12.6. The lowest BCUT2D eigenvalue weighted by Crippen LogP contribution is -2.10. The number of unbranched alkanes of at least 4 members (excludes halogenated alkanes) is 12. The van der Waals surface area contributed by atoms with Gasteiger partial charge in [-0.3, -0.25) is 0 Å². The van der Waals surface area contributed by atoms with E-state index in [0.29, 0.717) is 5.75 Å². The zero-order valence-corrected chi connectivity index (χ0v) is 19.2. The highest BCUT2D eigenvalue weighted by Crippen LogP contribution is 2.19. The van der Waals surface area contributed by atoms with Gasteiger partial charge in [0.05, 0.1) is 5.56 Å². The lowest BCUT2D eigenvalue weighted by Gasteiger charge is -2.07. The molecule has 0 fully saturated rings. The predicted molar refractivity (Wildman–Crippen MR) is 127 cm³/mol. The van der Waals surface area contributed by atoms with Gasteiger partial charge in [-0.25, -0.2) is 9.18 Å². The molecule has 0 unspecified atom stereocenters. The van der Waals surface area contributed by atoms with Gasteiger partial charge in [-0.15, -0.1) is 0 Å². The van der Waals surface area contributed by atoms with E-state index in [4.69, 9.17) is 4.74 Å². The van der Waals surface area contributed by atoms with E-state index >= 15 is 0 Å². The molecule has 31 heavy (non-hydrogen) atoms. The van der Waals surface area contributed by atoms with Gasteiger partial charge in [-0.2, -0.15) is 0 Å². The summed E-state index contributed by atoms with van der Waals surface area (Å²) in [5.74, 6) is -0.743. The van der Waals surface area contributed by atoms with Crippen molar-refractivity contribution in [1.82, 2.24) is 0 Å². The van der Waals surface area contributed by atoms with Crippen molar-refractivity contribution in [1.29, 1.82) is 0 Å². The first-order valence-electron chi connectivity index (χ1n) is 12.3. The van der Waals surface area contributed by atoms with Crippen molar-refractivity contribution in [3.63, 3.8) is 0 Å². The average molecular weight is 427 g/mol. The summed E-state index contributed by atoms with van der Waals surface area (Å²) >= 11 is 0. The largest absolute Gasteiger partial charge is 0.423 e. The number of rotatable bonds is 16. The van der Waals surface area contributed by atoms with Crippen LogP contribution in [0.15, 0.2) is 48.5 Å². The smallest absolute Gasteiger partial charge is 0.346 e. The standard InChI is InChI=1S/C28H39FO2/c1-2-3-4-5-6-7-8-9-10-11-12-13-14-18-24-19-17-20-25(23-24)31-28(30)26-21-15-16-22-27(26)29/h15-17,19-23H,2-14,18H2,1H3. The van der Waals surface area contributed by atoms with Gasteiger partial charge in [0, 0.05) is 0 Å². The van der Waals surface area contributed by atoms with Crippen LogP contribution in [0.2, 0.25) is 0 Å². The van der Waals surface area contributed by atoms with E-state index in [-0.39, 0.29) is 5.56 Å². The van der Waals surface area contributed by atoms with E-state index in [1.165, 1.54) is 89.2 Å². The van der Waals surface area contributed by atoms with E-state index in [2.05, 4.69) is 13.0 Å². The van der Waals surface area contributed by atoms with E-state index in [1.807, 2.05) is 12.1 Å². The molecule has 0 saturated carbocycles. The highest BCUT2D eigenvalue weighted by atomic mass is 19.1. The molecule has 2 rings (SSSR count). The quantitative estimate of drug-likeness (QED) is 0.152. The molecule has 3 heteroatoms. The highest BCUT2D eigenvalue weighted by Gasteiger charge is 2.13. The van der Waals surface area contributed by atoms with Crippen LogP contribution < -0.4 is 4.74 Å². The summed E-state index contributed by atoms with van der Waals surface area (Å²) in [4.78, 5) is 12.2. The molecular weight excluding hydrogens is 387 g/mol. The third-order valence-electron chi connectivity index (χ3n) is 5.77. The molecular formula is C28H39FO2. The molecule has 170 valence electrons. The number of carbonyl (C=O) groups is 1. The minimum atomic E-state index is -0.656. The van der Waals surface area contributed by atoms with E-state index in [9.17, 15) is 9.18 Å². The van der Waals surface area contributed by atoms with Crippen LogP contribution in [0, 0.1) is 5.82 Å². The number of benzene rings is 2. The summed E-state index contributed by atoms with van der Waals surface area (Å²) in [5.41, 5.74) is 1.12. The zero-order chi connectivity index (χ0) is 22.2. The van der Waals surface area contributed by atoms with Crippen molar-refractivity contribution in [3.05, 3.63) is 65.5 Å². The van der Waals surface area contributed by atoms with Crippen LogP contribution in [-0.2, 0) is 6.42 Å². The lowest BCUT2D eigenvalue weighted by molar-refractivity contribution is 0.0730. The summed E-state index contributed by atoms with van der Waals surface area (Å²) in [7, 11) is 0. The van der Waals surface area contributed by atoms with Crippen molar-refractivity contribution in [2.75, 3.05) is 0 Å². The molecule has 0 aliphatic heterocycles. The molecule has 0 amide bonds. The molecule has 0 bridgehead atoms. The molecule has 2 nitrogen and oxygen atoms in total. The second-order valence-corrected chi connectivity index (χ2v) is 8.51. The Balaban J connectivity index is 1.55. The zero-order valence-electron chi connectivity index (χ0n) is 19.2. The number of esters is 1. The molecule has 0 N–H and O–H groups in total. The summed E-state index contributed by atoms with van der Waals surface area (Å²) in [5, 5.41) is 0. The van der Waals surface area contributed by atoms with Crippen molar-refractivity contribution >= 4 is 5.97 Å². The predicted octanol–water partition coefficient (Wildman–Crippen LogP) is 8.68. The fraction of sp³-hybridized carbons (Fsp3) is 0.536. The third-order valence-corrected chi connectivity index (χ3v) is 5.77. The number of ether oxygens (including phenoxy) is 1. The van der Waals surface area contributed by atoms with E-state index in [0.717, 1.165) is 18.4 Å². The van der Waals surface area contributed by atoms with Crippen LogP contribution >= 0.6 is 0 Å². The molecule has 0 saturated heterocycles. The SMILES string of the molecule is CCCCCCCCCCCCCCCc1cccc(OC(=O)c2ccccc2F)c1. The summed E-state index contributed by atoms with van der Waals surface area (Å²) in [6.07, 6.45) is 18.5. The molecule has 0 heterocycles. The Morgan fingerprint density at radius 2 is 1.32 bits per heavy atom. The van der Waals surface area contributed by atoms with Crippen LogP contribution in [0.1, 0.15) is 106 Å². The molecule has 2 aromatic rings.